The summed E-state index contributed by atoms with van der Waals surface area (Å²) in [6.45, 7) is 3.42. The lowest BCUT2D eigenvalue weighted by atomic mass is 10.1. The molecule has 1 aliphatic rings. The van der Waals surface area contributed by atoms with Crippen LogP contribution in [0, 0.1) is 0 Å². The Balaban J connectivity index is 1.45. The van der Waals surface area contributed by atoms with Gasteiger partial charge in [-0.3, -0.25) is 4.79 Å². The van der Waals surface area contributed by atoms with E-state index in [9.17, 15) is 4.79 Å². The molecular formula is C19H25N3O2. The molecule has 1 aromatic heterocycles. The molecule has 2 aromatic rings. The minimum absolute atomic E-state index is 0.0313. The number of nitrogens with zero attached hydrogens (tertiary/aromatic N) is 2. The maximum absolute atomic E-state index is 12.2. The summed E-state index contributed by atoms with van der Waals surface area (Å²) >= 11 is 0. The highest BCUT2D eigenvalue weighted by molar-refractivity contribution is 5.61. The van der Waals surface area contributed by atoms with Crippen LogP contribution in [0.25, 0.3) is 11.1 Å². The average molecular weight is 327 g/mol. The third-order valence-electron chi connectivity index (χ3n) is 4.38. The van der Waals surface area contributed by atoms with Crippen molar-refractivity contribution in [2.24, 2.45) is 0 Å². The second-order valence-electron chi connectivity index (χ2n) is 6.22. The van der Waals surface area contributed by atoms with Gasteiger partial charge in [0.2, 0.25) is 0 Å². The molecule has 0 bridgehead atoms. The molecular weight excluding hydrogens is 302 g/mol. The van der Waals surface area contributed by atoms with E-state index < -0.39 is 0 Å². The molecule has 1 saturated heterocycles. The summed E-state index contributed by atoms with van der Waals surface area (Å²) in [5.74, 6) is 0. The number of benzene rings is 1. The van der Waals surface area contributed by atoms with E-state index >= 15 is 0 Å². The molecule has 1 unspecified atom stereocenters. The Hall–Kier alpha value is -1.98. The summed E-state index contributed by atoms with van der Waals surface area (Å²) in [6, 6.07) is 11.5. The van der Waals surface area contributed by atoms with Crippen LogP contribution in [0.15, 0.2) is 47.4 Å². The van der Waals surface area contributed by atoms with Gasteiger partial charge in [0.25, 0.3) is 5.56 Å². The summed E-state index contributed by atoms with van der Waals surface area (Å²) in [5, 5.41) is 7.66. The largest absolute Gasteiger partial charge is 0.376 e. The van der Waals surface area contributed by atoms with Gasteiger partial charge in [0.15, 0.2) is 0 Å². The molecule has 5 nitrogen and oxygen atoms in total. The molecule has 1 N–H and O–H groups in total. The van der Waals surface area contributed by atoms with E-state index in [1.165, 1.54) is 0 Å². The first-order valence-corrected chi connectivity index (χ1v) is 8.78. The van der Waals surface area contributed by atoms with Crippen molar-refractivity contribution in [3.8, 4) is 11.1 Å². The SMILES string of the molecule is O=c1cc(-c2ccccc2)cnn1CCCCCC1CNCCO1. The van der Waals surface area contributed by atoms with Gasteiger partial charge in [-0.15, -0.1) is 0 Å². The number of ether oxygens (including phenoxy) is 1. The Morgan fingerprint density at radius 2 is 2.04 bits per heavy atom. The van der Waals surface area contributed by atoms with Crippen molar-refractivity contribution in [2.45, 2.75) is 38.3 Å². The van der Waals surface area contributed by atoms with Crippen LogP contribution < -0.4 is 10.9 Å². The first-order valence-electron chi connectivity index (χ1n) is 8.78. The van der Waals surface area contributed by atoms with Crippen LogP contribution in [0.3, 0.4) is 0 Å². The molecule has 0 spiro atoms. The summed E-state index contributed by atoms with van der Waals surface area (Å²) in [7, 11) is 0. The molecule has 0 radical (unpaired) electrons. The van der Waals surface area contributed by atoms with E-state index in [4.69, 9.17) is 4.74 Å². The minimum Gasteiger partial charge on any atom is -0.376 e. The zero-order valence-electron chi connectivity index (χ0n) is 14.0. The van der Waals surface area contributed by atoms with Crippen LogP contribution in [-0.2, 0) is 11.3 Å². The highest BCUT2D eigenvalue weighted by atomic mass is 16.5. The van der Waals surface area contributed by atoms with Crippen molar-refractivity contribution in [3.63, 3.8) is 0 Å². The minimum atomic E-state index is -0.0313. The molecule has 1 aromatic carbocycles. The quantitative estimate of drug-likeness (QED) is 0.794. The Labute approximate surface area is 142 Å². The predicted octanol–water partition coefficient (Wildman–Crippen LogP) is 2.46. The second kappa shape index (κ2) is 8.76. The summed E-state index contributed by atoms with van der Waals surface area (Å²) in [5.41, 5.74) is 1.87. The van der Waals surface area contributed by atoms with E-state index in [2.05, 4.69) is 10.4 Å². The van der Waals surface area contributed by atoms with E-state index in [-0.39, 0.29) is 5.56 Å². The molecule has 1 aliphatic heterocycles. The topological polar surface area (TPSA) is 56.2 Å². The summed E-state index contributed by atoms with van der Waals surface area (Å²) in [4.78, 5) is 12.2. The Morgan fingerprint density at radius 1 is 1.17 bits per heavy atom. The number of morpholine rings is 1. The van der Waals surface area contributed by atoms with Gasteiger partial charge in [0.05, 0.1) is 18.9 Å². The molecule has 1 atom stereocenters. The normalized spacial score (nSPS) is 17.8. The standard InChI is InChI=1S/C19H25N3O2/c23-19-13-17(16-7-3-1-4-8-16)14-21-22(19)11-6-2-5-9-18-15-20-10-12-24-18/h1,3-4,7-8,13-14,18,20H,2,5-6,9-12,15H2. The van der Waals surface area contributed by atoms with Crippen LogP contribution in [0.1, 0.15) is 25.7 Å². The number of aromatic nitrogens is 2. The monoisotopic (exact) mass is 327 g/mol. The fraction of sp³-hybridized carbons (Fsp3) is 0.474. The molecule has 2 heterocycles. The average Bonchev–Trinajstić information content (AvgIpc) is 2.64. The van der Waals surface area contributed by atoms with E-state index in [1.54, 1.807) is 16.9 Å². The fourth-order valence-corrected chi connectivity index (χ4v) is 3.01. The zero-order chi connectivity index (χ0) is 16.6. The number of aryl methyl sites for hydroxylation is 1. The Kier molecular flexibility index (Phi) is 6.15. The fourth-order valence-electron chi connectivity index (χ4n) is 3.01. The van der Waals surface area contributed by atoms with E-state index in [1.807, 2.05) is 30.3 Å². The van der Waals surface area contributed by atoms with Gasteiger partial charge in [-0.2, -0.15) is 5.10 Å². The van der Waals surface area contributed by atoms with E-state index in [0.29, 0.717) is 12.6 Å². The number of hydrogen-bond donors (Lipinski definition) is 1. The number of nitrogens with one attached hydrogen (secondary N) is 1. The molecule has 24 heavy (non-hydrogen) atoms. The molecule has 0 amide bonds. The van der Waals surface area contributed by atoms with Crippen molar-refractivity contribution in [3.05, 3.63) is 52.9 Å². The lowest BCUT2D eigenvalue weighted by molar-refractivity contribution is 0.0220. The maximum atomic E-state index is 12.2. The van der Waals surface area contributed by atoms with Crippen LogP contribution >= 0.6 is 0 Å². The molecule has 1 fully saturated rings. The highest BCUT2D eigenvalue weighted by Crippen LogP contribution is 2.15. The molecule has 0 aliphatic carbocycles. The van der Waals surface area contributed by atoms with Crippen LogP contribution in [-0.4, -0.2) is 35.6 Å². The van der Waals surface area contributed by atoms with Gasteiger partial charge >= 0.3 is 0 Å². The van der Waals surface area contributed by atoms with Gasteiger partial charge in [0, 0.05) is 31.3 Å². The van der Waals surface area contributed by atoms with Crippen LogP contribution in [0.2, 0.25) is 0 Å². The van der Waals surface area contributed by atoms with Gasteiger partial charge in [-0.25, -0.2) is 4.68 Å². The molecule has 5 heteroatoms. The lowest BCUT2D eigenvalue weighted by Crippen LogP contribution is -2.38. The van der Waals surface area contributed by atoms with Crippen molar-refractivity contribution < 1.29 is 4.74 Å². The van der Waals surface area contributed by atoms with Crippen LogP contribution in [0.5, 0.6) is 0 Å². The number of hydrogen-bond acceptors (Lipinski definition) is 4. The number of rotatable bonds is 7. The second-order valence-corrected chi connectivity index (χ2v) is 6.22. The smallest absolute Gasteiger partial charge is 0.267 e. The van der Waals surface area contributed by atoms with Gasteiger partial charge in [0.1, 0.15) is 0 Å². The van der Waals surface area contributed by atoms with Crippen LogP contribution in [0.4, 0.5) is 0 Å². The van der Waals surface area contributed by atoms with Crippen molar-refractivity contribution in [2.75, 3.05) is 19.7 Å². The van der Waals surface area contributed by atoms with Crippen molar-refractivity contribution >= 4 is 0 Å². The number of unbranched alkanes of at least 4 members (excludes halogenated alkanes) is 2. The zero-order valence-corrected chi connectivity index (χ0v) is 14.0. The maximum Gasteiger partial charge on any atom is 0.267 e. The van der Waals surface area contributed by atoms with Crippen molar-refractivity contribution in [1.29, 1.82) is 0 Å². The molecule has 128 valence electrons. The van der Waals surface area contributed by atoms with Crippen molar-refractivity contribution in [1.82, 2.24) is 15.1 Å². The predicted molar refractivity (Wildman–Crippen MR) is 95.0 cm³/mol. The summed E-state index contributed by atoms with van der Waals surface area (Å²) in [6.07, 6.45) is 6.40. The lowest BCUT2D eigenvalue weighted by Gasteiger charge is -2.23. The van der Waals surface area contributed by atoms with Gasteiger partial charge in [-0.05, 0) is 18.4 Å². The van der Waals surface area contributed by atoms with Gasteiger partial charge < -0.3 is 10.1 Å². The van der Waals surface area contributed by atoms with Gasteiger partial charge in [-0.1, -0.05) is 43.2 Å². The third-order valence-corrected chi connectivity index (χ3v) is 4.38. The highest BCUT2D eigenvalue weighted by Gasteiger charge is 2.12. The Bertz CT molecular complexity index is 679. The molecule has 0 saturated carbocycles. The third kappa shape index (κ3) is 4.76. The summed E-state index contributed by atoms with van der Waals surface area (Å²) < 4.78 is 7.25. The van der Waals surface area contributed by atoms with E-state index in [0.717, 1.165) is 56.5 Å². The molecule has 3 rings (SSSR count). The first-order chi connectivity index (χ1) is 11.8. The first kappa shape index (κ1) is 16.9. The Morgan fingerprint density at radius 3 is 2.79 bits per heavy atom.